The van der Waals surface area contributed by atoms with Crippen molar-refractivity contribution < 1.29 is 0 Å². The molecule has 6 aromatic rings. The molecule has 0 fully saturated rings. The predicted octanol–water partition coefficient (Wildman–Crippen LogP) is 9.42. The fourth-order valence-corrected chi connectivity index (χ4v) is 7.16. The Balaban J connectivity index is 1.26. The molecule has 0 radical (unpaired) electrons. The van der Waals surface area contributed by atoms with Gasteiger partial charge in [0.25, 0.3) is 0 Å². The van der Waals surface area contributed by atoms with Gasteiger partial charge in [-0.2, -0.15) is 10.5 Å². The van der Waals surface area contributed by atoms with E-state index in [2.05, 4.69) is 127 Å². The molecule has 0 saturated heterocycles. The maximum absolute atomic E-state index is 10.7. The third-order valence-corrected chi connectivity index (χ3v) is 8.97. The van der Waals surface area contributed by atoms with Crippen LogP contribution in [0.25, 0.3) is 33.4 Å². The van der Waals surface area contributed by atoms with Gasteiger partial charge in [-0.3, -0.25) is 0 Å². The molecule has 0 aliphatic heterocycles. The summed E-state index contributed by atoms with van der Waals surface area (Å²) in [4.78, 5) is 0. The molecule has 9 rings (SSSR count). The second kappa shape index (κ2) is 9.45. The summed E-state index contributed by atoms with van der Waals surface area (Å²) in [5.74, 6) is -0.129. The Morgan fingerprint density at radius 2 is 0.952 bits per heavy atom. The van der Waals surface area contributed by atoms with Crippen LogP contribution in [0.5, 0.6) is 0 Å². The van der Waals surface area contributed by atoms with Crippen LogP contribution < -0.4 is 0 Å². The maximum atomic E-state index is 10.7. The Labute approximate surface area is 245 Å². The van der Waals surface area contributed by atoms with Gasteiger partial charge in [0.05, 0.1) is 17.2 Å². The first-order valence-corrected chi connectivity index (χ1v) is 14.2. The van der Waals surface area contributed by atoms with E-state index in [1.807, 2.05) is 18.2 Å². The lowest BCUT2D eigenvalue weighted by Gasteiger charge is -2.43. The minimum atomic E-state index is -0.0761. The van der Waals surface area contributed by atoms with Gasteiger partial charge in [0, 0.05) is 11.8 Å². The number of rotatable bonds is 3. The summed E-state index contributed by atoms with van der Waals surface area (Å²) in [6.45, 7) is 0. The minimum Gasteiger partial charge on any atom is -0.192 e. The van der Waals surface area contributed by atoms with Gasteiger partial charge in [-0.15, -0.1) is 0 Å². The number of hydrogen-bond donors (Lipinski definition) is 0. The van der Waals surface area contributed by atoms with Crippen LogP contribution in [0.3, 0.4) is 0 Å². The number of benzene rings is 6. The summed E-state index contributed by atoms with van der Waals surface area (Å²) in [7, 11) is 0. The molecule has 194 valence electrons. The highest BCUT2D eigenvalue weighted by atomic mass is 14.5. The van der Waals surface area contributed by atoms with Crippen molar-refractivity contribution in [3.63, 3.8) is 0 Å². The molecule has 6 aromatic carbocycles. The van der Waals surface area contributed by atoms with Gasteiger partial charge in [0.1, 0.15) is 6.07 Å². The van der Waals surface area contributed by atoms with Crippen LogP contribution >= 0.6 is 0 Å². The zero-order chi connectivity index (χ0) is 28.2. The van der Waals surface area contributed by atoms with Gasteiger partial charge >= 0.3 is 0 Å². The van der Waals surface area contributed by atoms with Crippen molar-refractivity contribution in [1.29, 1.82) is 10.5 Å². The molecule has 0 saturated carbocycles. The van der Waals surface area contributed by atoms with Crippen molar-refractivity contribution >= 4 is 0 Å². The lowest BCUT2D eigenvalue weighted by atomic mass is 9.59. The van der Waals surface area contributed by atoms with Crippen molar-refractivity contribution in [2.75, 3.05) is 0 Å². The molecule has 3 aliphatic rings. The molecule has 42 heavy (non-hydrogen) atoms. The van der Waals surface area contributed by atoms with Gasteiger partial charge in [-0.25, -0.2) is 0 Å². The summed E-state index contributed by atoms with van der Waals surface area (Å²) in [5.41, 5.74) is 15.0. The highest BCUT2D eigenvalue weighted by Gasteiger charge is 2.44. The molecule has 2 heteroatoms. The van der Waals surface area contributed by atoms with E-state index in [-0.39, 0.29) is 11.8 Å². The Bertz CT molecular complexity index is 2110. The van der Waals surface area contributed by atoms with E-state index in [9.17, 15) is 10.5 Å². The van der Waals surface area contributed by atoms with E-state index in [0.717, 1.165) is 55.6 Å². The van der Waals surface area contributed by atoms with Gasteiger partial charge in [-0.05, 0) is 78.9 Å². The molecule has 2 bridgehead atoms. The van der Waals surface area contributed by atoms with Crippen LogP contribution in [0.4, 0.5) is 0 Å². The van der Waals surface area contributed by atoms with E-state index in [0.29, 0.717) is 0 Å². The predicted molar refractivity (Wildman–Crippen MR) is 167 cm³/mol. The number of hydrogen-bond acceptors (Lipinski definition) is 2. The normalized spacial score (nSPS) is 15.6. The van der Waals surface area contributed by atoms with Crippen LogP contribution in [0.2, 0.25) is 0 Å². The monoisotopic (exact) mass is 532 g/mol. The molecule has 0 aromatic heterocycles. The first-order chi connectivity index (χ1) is 20.8. The highest BCUT2D eigenvalue weighted by molar-refractivity contribution is 5.82. The first kappa shape index (κ1) is 24.1. The van der Waals surface area contributed by atoms with E-state index in [4.69, 9.17) is 0 Å². The zero-order valence-corrected chi connectivity index (χ0v) is 22.8. The third kappa shape index (κ3) is 3.50. The smallest absolute Gasteiger partial charge is 0.100 e. The number of nitrogens with zero attached hydrogens (tertiary/aromatic N) is 2. The summed E-state index contributed by atoms with van der Waals surface area (Å²) in [6.07, 6.45) is 0. The second-order valence-electron chi connectivity index (χ2n) is 11.0. The van der Waals surface area contributed by atoms with E-state index < -0.39 is 0 Å². The van der Waals surface area contributed by atoms with Gasteiger partial charge in [0.15, 0.2) is 0 Å². The third-order valence-electron chi connectivity index (χ3n) is 8.97. The molecule has 0 heterocycles. The van der Waals surface area contributed by atoms with Gasteiger partial charge in [0.2, 0.25) is 0 Å². The van der Waals surface area contributed by atoms with Crippen LogP contribution in [0.1, 0.15) is 56.3 Å². The quantitative estimate of drug-likeness (QED) is 0.227. The summed E-state index contributed by atoms with van der Waals surface area (Å²) in [5, 5.41) is 20.7. The minimum absolute atomic E-state index is 0.0531. The first-order valence-electron chi connectivity index (χ1n) is 14.2. The zero-order valence-electron chi connectivity index (χ0n) is 22.8. The molecular formula is C40H24N2. The molecular weight excluding hydrogens is 508 g/mol. The summed E-state index contributed by atoms with van der Waals surface area (Å²) >= 11 is 0. The average molecular weight is 533 g/mol. The summed E-state index contributed by atoms with van der Waals surface area (Å²) < 4.78 is 0. The lowest BCUT2D eigenvalue weighted by molar-refractivity contribution is 0.750. The van der Waals surface area contributed by atoms with Gasteiger partial charge < -0.3 is 0 Å². The fourth-order valence-electron chi connectivity index (χ4n) is 7.16. The molecule has 2 atom stereocenters. The highest BCUT2D eigenvalue weighted by Crippen LogP contribution is 2.58. The Kier molecular flexibility index (Phi) is 5.43. The molecule has 3 aliphatic carbocycles. The molecule has 2 nitrogen and oxygen atoms in total. The fraction of sp³-hybridized carbons (Fsp3) is 0.0500. The average Bonchev–Trinajstić information content (AvgIpc) is 3.07. The topological polar surface area (TPSA) is 47.6 Å². The Morgan fingerprint density at radius 3 is 1.67 bits per heavy atom. The van der Waals surface area contributed by atoms with E-state index in [1.54, 1.807) is 0 Å². The van der Waals surface area contributed by atoms with Crippen molar-refractivity contribution in [3.05, 3.63) is 178 Å². The second-order valence-corrected chi connectivity index (χ2v) is 11.0. The van der Waals surface area contributed by atoms with Crippen LogP contribution in [-0.4, -0.2) is 0 Å². The molecule has 0 amide bonds. The summed E-state index contributed by atoms with van der Waals surface area (Å²) in [6, 6.07) is 51.5. The van der Waals surface area contributed by atoms with E-state index >= 15 is 0 Å². The maximum Gasteiger partial charge on any atom is 0.100 e. The van der Waals surface area contributed by atoms with E-state index in [1.165, 1.54) is 22.3 Å². The van der Waals surface area contributed by atoms with Crippen LogP contribution in [-0.2, 0) is 0 Å². The van der Waals surface area contributed by atoms with Crippen molar-refractivity contribution in [1.82, 2.24) is 0 Å². The number of nitriles is 2. The van der Waals surface area contributed by atoms with Gasteiger partial charge in [-0.1, -0.05) is 121 Å². The molecule has 0 N–H and O–H groups in total. The lowest BCUT2D eigenvalue weighted by Crippen LogP contribution is -2.29. The van der Waals surface area contributed by atoms with Crippen LogP contribution in [0.15, 0.2) is 133 Å². The Hall–Kier alpha value is -5.70. The van der Waals surface area contributed by atoms with Crippen LogP contribution in [0, 0.1) is 22.7 Å². The van der Waals surface area contributed by atoms with Crippen molar-refractivity contribution in [2.24, 2.45) is 0 Å². The molecule has 2 unspecified atom stereocenters. The van der Waals surface area contributed by atoms with Crippen molar-refractivity contribution in [2.45, 2.75) is 11.8 Å². The largest absolute Gasteiger partial charge is 0.192 e. The SMILES string of the molecule is N#Cc1cccc2c1C1c3ccccc3C2c2c1ccc(-c1cccc(-c3ccc(-c4ccccc4)cc3)c1)c2C#N. The Morgan fingerprint density at radius 1 is 0.405 bits per heavy atom. The molecule has 0 spiro atoms. The standard InChI is InChI=1S/C40H24N2/c41-23-30-12-7-15-34-37(30)38-32-13-4-5-14-33(32)39(34)40-35(38)21-20-31(36(40)24-42)29-11-6-10-28(22-29)27-18-16-26(17-19-27)25-8-2-1-3-9-25/h1-22,38-39H. The van der Waals surface area contributed by atoms with Crippen molar-refractivity contribution in [3.8, 4) is 45.5 Å².